The predicted octanol–water partition coefficient (Wildman–Crippen LogP) is 4.76. The van der Waals surface area contributed by atoms with Crippen LogP contribution in [0.15, 0.2) is 54.7 Å². The zero-order valence-electron chi connectivity index (χ0n) is 17.4. The van der Waals surface area contributed by atoms with Gasteiger partial charge >= 0.3 is 0 Å². The molecule has 0 saturated heterocycles. The lowest BCUT2D eigenvalue weighted by molar-refractivity contribution is 0.0827. The van der Waals surface area contributed by atoms with E-state index in [4.69, 9.17) is 4.98 Å². The molecule has 0 fully saturated rings. The number of nitrogens with one attached hydrogen (secondary N) is 1. The first-order valence-corrected chi connectivity index (χ1v) is 10.3. The smallest absolute Gasteiger partial charge is 0.253 e. The highest BCUT2D eigenvalue weighted by Crippen LogP contribution is 2.26. The van der Waals surface area contributed by atoms with Crippen molar-refractivity contribution in [1.29, 1.82) is 0 Å². The molecule has 1 N–H and O–H groups in total. The van der Waals surface area contributed by atoms with Gasteiger partial charge < -0.3 is 14.8 Å². The fourth-order valence-electron chi connectivity index (χ4n) is 3.79. The number of fused-ring (bicyclic) bond motifs is 1. The summed E-state index contributed by atoms with van der Waals surface area (Å²) in [4.78, 5) is 18.4. The Morgan fingerprint density at radius 1 is 1.07 bits per heavy atom. The number of imidazole rings is 1. The number of amides is 1. The van der Waals surface area contributed by atoms with E-state index in [-0.39, 0.29) is 11.9 Å². The molecule has 1 unspecified atom stereocenters. The summed E-state index contributed by atoms with van der Waals surface area (Å²) in [6.07, 6.45) is 5.74. The van der Waals surface area contributed by atoms with Crippen LogP contribution in [0.25, 0.3) is 11.3 Å². The number of aromatic nitrogens is 2. The number of benzene rings is 2. The maximum atomic E-state index is 12.0. The summed E-state index contributed by atoms with van der Waals surface area (Å²) < 4.78 is 2.29. The van der Waals surface area contributed by atoms with E-state index in [1.165, 1.54) is 18.7 Å². The van der Waals surface area contributed by atoms with Crippen LogP contribution >= 0.6 is 0 Å². The topological polar surface area (TPSA) is 50.2 Å². The molecular formula is C24H28N4O. The number of rotatable bonds is 5. The Morgan fingerprint density at radius 2 is 1.79 bits per heavy atom. The average molecular weight is 389 g/mol. The Labute approximate surface area is 172 Å². The molecule has 29 heavy (non-hydrogen) atoms. The Balaban J connectivity index is 1.43. The minimum atomic E-state index is 0.0220. The lowest BCUT2D eigenvalue weighted by Crippen LogP contribution is -2.21. The molecule has 3 aromatic rings. The first-order valence-electron chi connectivity index (χ1n) is 10.3. The van der Waals surface area contributed by atoms with Crippen LogP contribution in [0, 0.1) is 0 Å². The number of aryl methyl sites for hydroxylation is 2. The van der Waals surface area contributed by atoms with E-state index in [0.29, 0.717) is 5.56 Å². The monoisotopic (exact) mass is 388 g/mol. The van der Waals surface area contributed by atoms with Crippen molar-refractivity contribution in [2.45, 2.75) is 38.8 Å². The SMILES string of the molecule is CC(Nc1ccc(-c2cn3c(n2)CCCC3)cc1)c1ccc(C(=O)N(C)C)cc1. The van der Waals surface area contributed by atoms with E-state index in [0.717, 1.165) is 35.5 Å². The molecule has 1 aromatic heterocycles. The van der Waals surface area contributed by atoms with Gasteiger partial charge in [0.05, 0.1) is 5.69 Å². The third kappa shape index (κ3) is 4.19. The molecule has 150 valence electrons. The van der Waals surface area contributed by atoms with Gasteiger partial charge in [-0.25, -0.2) is 4.98 Å². The van der Waals surface area contributed by atoms with Gasteiger partial charge in [-0.05, 0) is 49.6 Å². The molecule has 4 rings (SSSR count). The van der Waals surface area contributed by atoms with Crippen molar-refractivity contribution in [3.63, 3.8) is 0 Å². The fraction of sp³-hybridized carbons (Fsp3) is 0.333. The zero-order valence-corrected chi connectivity index (χ0v) is 17.4. The molecule has 1 amide bonds. The van der Waals surface area contributed by atoms with Crippen molar-refractivity contribution in [2.75, 3.05) is 19.4 Å². The third-order valence-corrected chi connectivity index (χ3v) is 5.54. The summed E-state index contributed by atoms with van der Waals surface area (Å²) in [6, 6.07) is 16.4. The molecule has 1 aliphatic rings. The van der Waals surface area contributed by atoms with E-state index in [1.54, 1.807) is 19.0 Å². The Kier molecular flexibility index (Phi) is 5.38. The van der Waals surface area contributed by atoms with Crippen molar-refractivity contribution < 1.29 is 4.79 Å². The van der Waals surface area contributed by atoms with E-state index < -0.39 is 0 Å². The lowest BCUT2D eigenvalue weighted by Gasteiger charge is -2.17. The van der Waals surface area contributed by atoms with Gasteiger partial charge in [0.1, 0.15) is 5.82 Å². The standard InChI is InChI=1S/C24H28N4O/c1-17(18-7-9-20(10-8-18)24(29)27(2)3)25-21-13-11-19(12-14-21)22-16-28-15-5-4-6-23(28)26-22/h7-14,16-17,25H,4-6,15H2,1-3H3. The summed E-state index contributed by atoms with van der Waals surface area (Å²) in [6.45, 7) is 3.21. The van der Waals surface area contributed by atoms with Gasteiger partial charge in [-0.1, -0.05) is 24.3 Å². The van der Waals surface area contributed by atoms with Crippen molar-refractivity contribution in [2.24, 2.45) is 0 Å². The summed E-state index contributed by atoms with van der Waals surface area (Å²) in [5.41, 5.74) is 5.13. The number of carbonyl (C=O) groups excluding carboxylic acids is 1. The van der Waals surface area contributed by atoms with Crippen molar-refractivity contribution in [1.82, 2.24) is 14.5 Å². The number of carbonyl (C=O) groups is 1. The van der Waals surface area contributed by atoms with Gasteiger partial charge in [0.2, 0.25) is 0 Å². The van der Waals surface area contributed by atoms with Crippen LogP contribution in [-0.2, 0) is 13.0 Å². The molecule has 0 aliphatic carbocycles. The third-order valence-electron chi connectivity index (χ3n) is 5.54. The molecule has 0 radical (unpaired) electrons. The summed E-state index contributed by atoms with van der Waals surface area (Å²) in [5, 5.41) is 3.54. The summed E-state index contributed by atoms with van der Waals surface area (Å²) in [7, 11) is 3.53. The van der Waals surface area contributed by atoms with Crippen LogP contribution in [0.5, 0.6) is 0 Å². The maximum absolute atomic E-state index is 12.0. The van der Waals surface area contributed by atoms with Gasteiger partial charge in [0, 0.05) is 56.1 Å². The van der Waals surface area contributed by atoms with E-state index in [9.17, 15) is 4.79 Å². The average Bonchev–Trinajstić information content (AvgIpc) is 3.18. The normalized spacial score (nSPS) is 14.2. The lowest BCUT2D eigenvalue weighted by atomic mass is 10.0. The molecule has 1 aliphatic heterocycles. The van der Waals surface area contributed by atoms with Crippen LogP contribution in [0.2, 0.25) is 0 Å². The first kappa shape index (κ1) is 19.2. The molecule has 0 spiro atoms. The van der Waals surface area contributed by atoms with E-state index in [1.807, 2.05) is 24.3 Å². The van der Waals surface area contributed by atoms with Crippen LogP contribution in [0.4, 0.5) is 5.69 Å². The van der Waals surface area contributed by atoms with E-state index in [2.05, 4.69) is 47.3 Å². The summed E-state index contributed by atoms with van der Waals surface area (Å²) >= 11 is 0. The quantitative estimate of drug-likeness (QED) is 0.685. The fourth-order valence-corrected chi connectivity index (χ4v) is 3.79. The number of hydrogen-bond acceptors (Lipinski definition) is 3. The Hall–Kier alpha value is -3.08. The molecule has 0 bridgehead atoms. The molecule has 1 atom stereocenters. The van der Waals surface area contributed by atoms with Crippen molar-refractivity contribution in [3.8, 4) is 11.3 Å². The van der Waals surface area contributed by atoms with Gasteiger partial charge in [-0.15, -0.1) is 0 Å². The van der Waals surface area contributed by atoms with Crippen LogP contribution in [0.3, 0.4) is 0 Å². The highest BCUT2D eigenvalue weighted by molar-refractivity contribution is 5.93. The van der Waals surface area contributed by atoms with Crippen molar-refractivity contribution in [3.05, 3.63) is 71.7 Å². The first-order chi connectivity index (χ1) is 14.0. The van der Waals surface area contributed by atoms with Crippen molar-refractivity contribution >= 4 is 11.6 Å². The molecule has 2 heterocycles. The molecule has 2 aromatic carbocycles. The van der Waals surface area contributed by atoms with Crippen LogP contribution in [0.1, 0.15) is 47.6 Å². The highest BCUT2D eigenvalue weighted by atomic mass is 16.2. The van der Waals surface area contributed by atoms with Crippen LogP contribution in [-0.4, -0.2) is 34.5 Å². The number of anilines is 1. The largest absolute Gasteiger partial charge is 0.379 e. The molecular weight excluding hydrogens is 360 g/mol. The minimum absolute atomic E-state index is 0.0220. The van der Waals surface area contributed by atoms with Gasteiger partial charge in [0.25, 0.3) is 5.91 Å². The second-order valence-electron chi connectivity index (χ2n) is 7.96. The minimum Gasteiger partial charge on any atom is -0.379 e. The summed E-state index contributed by atoms with van der Waals surface area (Å²) in [5.74, 6) is 1.23. The Bertz CT molecular complexity index is 963. The zero-order chi connectivity index (χ0) is 20.4. The molecule has 5 nitrogen and oxygen atoms in total. The second-order valence-corrected chi connectivity index (χ2v) is 7.96. The molecule has 5 heteroatoms. The highest BCUT2D eigenvalue weighted by Gasteiger charge is 2.14. The number of nitrogens with zero attached hydrogens (tertiary/aromatic N) is 3. The Morgan fingerprint density at radius 3 is 2.45 bits per heavy atom. The maximum Gasteiger partial charge on any atom is 0.253 e. The predicted molar refractivity (Wildman–Crippen MR) is 117 cm³/mol. The van der Waals surface area contributed by atoms with Gasteiger partial charge in [0.15, 0.2) is 0 Å². The van der Waals surface area contributed by atoms with Gasteiger partial charge in [-0.3, -0.25) is 4.79 Å². The van der Waals surface area contributed by atoms with Gasteiger partial charge in [-0.2, -0.15) is 0 Å². The second kappa shape index (κ2) is 8.11. The van der Waals surface area contributed by atoms with E-state index >= 15 is 0 Å². The number of hydrogen-bond donors (Lipinski definition) is 1. The van der Waals surface area contributed by atoms with Crippen LogP contribution < -0.4 is 5.32 Å². The molecule has 0 saturated carbocycles.